The van der Waals surface area contributed by atoms with Crippen molar-refractivity contribution in [2.24, 2.45) is 0 Å². The monoisotopic (exact) mass is 414 g/mol. The van der Waals surface area contributed by atoms with Crippen molar-refractivity contribution in [1.82, 2.24) is 15.3 Å². The van der Waals surface area contributed by atoms with Gasteiger partial charge in [0.2, 0.25) is 0 Å². The Morgan fingerprint density at radius 2 is 2.21 bits per heavy atom. The fourth-order valence-electron chi connectivity index (χ4n) is 3.53. The smallest absolute Gasteiger partial charge is 0.261 e. The van der Waals surface area contributed by atoms with Gasteiger partial charge in [-0.05, 0) is 43.4 Å². The van der Waals surface area contributed by atoms with Crippen LogP contribution in [-0.4, -0.2) is 41.7 Å². The van der Waals surface area contributed by atoms with Crippen LogP contribution in [0.3, 0.4) is 0 Å². The van der Waals surface area contributed by atoms with Gasteiger partial charge in [-0.15, -0.1) is 11.3 Å². The molecule has 3 aromatic rings. The number of nitrogens with one attached hydrogen (secondary N) is 2. The van der Waals surface area contributed by atoms with E-state index in [4.69, 9.17) is 4.74 Å². The predicted molar refractivity (Wildman–Crippen MR) is 112 cm³/mol. The van der Waals surface area contributed by atoms with Crippen LogP contribution in [0.1, 0.15) is 33.6 Å². The summed E-state index contributed by atoms with van der Waals surface area (Å²) in [7, 11) is 0. The molecule has 0 spiro atoms. The van der Waals surface area contributed by atoms with Gasteiger partial charge >= 0.3 is 0 Å². The van der Waals surface area contributed by atoms with Gasteiger partial charge < -0.3 is 15.4 Å². The molecule has 29 heavy (non-hydrogen) atoms. The van der Waals surface area contributed by atoms with Crippen LogP contribution in [0.15, 0.2) is 30.6 Å². The molecule has 0 radical (unpaired) electrons. The van der Waals surface area contributed by atoms with Gasteiger partial charge in [0.15, 0.2) is 0 Å². The Hall–Kier alpha value is -2.58. The third-order valence-corrected chi connectivity index (χ3v) is 6.29. The Labute approximate surface area is 172 Å². The van der Waals surface area contributed by atoms with Crippen molar-refractivity contribution >= 4 is 33.3 Å². The lowest BCUT2D eigenvalue weighted by Crippen LogP contribution is -2.25. The Morgan fingerprint density at radius 1 is 1.34 bits per heavy atom. The molecule has 0 saturated carbocycles. The van der Waals surface area contributed by atoms with Gasteiger partial charge in [-0.1, -0.05) is 18.2 Å². The van der Waals surface area contributed by atoms with Crippen molar-refractivity contribution in [3.63, 3.8) is 0 Å². The van der Waals surface area contributed by atoms with Crippen molar-refractivity contribution in [3.05, 3.63) is 52.4 Å². The Kier molecular flexibility index (Phi) is 6.01. The van der Waals surface area contributed by atoms with E-state index in [1.54, 1.807) is 18.2 Å². The molecule has 1 aliphatic heterocycles. The fourth-order valence-corrected chi connectivity index (χ4v) is 4.60. The highest BCUT2D eigenvalue weighted by Gasteiger charge is 2.21. The number of nitrogens with zero attached hydrogens (tertiary/aromatic N) is 2. The molecule has 1 aromatic carbocycles. The maximum absolute atomic E-state index is 13.7. The summed E-state index contributed by atoms with van der Waals surface area (Å²) in [5.41, 5.74) is 1.44. The number of aromatic nitrogens is 2. The van der Waals surface area contributed by atoms with Crippen LogP contribution in [0, 0.1) is 12.7 Å². The number of halogens is 1. The summed E-state index contributed by atoms with van der Waals surface area (Å²) in [4.78, 5) is 22.8. The molecule has 2 N–H and O–H groups in total. The average Bonchev–Trinajstić information content (AvgIpc) is 3.36. The van der Waals surface area contributed by atoms with Crippen molar-refractivity contribution in [2.45, 2.75) is 32.3 Å². The molecule has 1 amide bonds. The molecule has 8 heteroatoms. The van der Waals surface area contributed by atoms with Gasteiger partial charge in [0.1, 0.15) is 22.8 Å². The number of thiophene rings is 1. The number of anilines is 1. The van der Waals surface area contributed by atoms with Gasteiger partial charge in [-0.2, -0.15) is 0 Å². The molecule has 0 bridgehead atoms. The van der Waals surface area contributed by atoms with E-state index < -0.39 is 0 Å². The first-order chi connectivity index (χ1) is 14.1. The molecule has 3 heterocycles. The van der Waals surface area contributed by atoms with Crippen LogP contribution in [0.2, 0.25) is 0 Å². The summed E-state index contributed by atoms with van der Waals surface area (Å²) in [5.74, 6) is 0.300. The lowest BCUT2D eigenvalue weighted by atomic mass is 10.1. The first-order valence-corrected chi connectivity index (χ1v) is 10.6. The number of benzene rings is 1. The summed E-state index contributed by atoms with van der Waals surface area (Å²) in [6, 6.07) is 6.61. The zero-order valence-electron chi connectivity index (χ0n) is 16.2. The quantitative estimate of drug-likeness (QED) is 0.617. The molecule has 1 atom stereocenters. The third kappa shape index (κ3) is 4.38. The SMILES string of the molecule is Cc1c(C(=O)NCCc2ccccc2F)sc2ncnc(NC[C@@H]3CCCO3)c12. The minimum absolute atomic E-state index is 0.174. The minimum atomic E-state index is -0.253. The van der Waals surface area contributed by atoms with Crippen LogP contribution in [0.4, 0.5) is 10.2 Å². The van der Waals surface area contributed by atoms with E-state index in [0.29, 0.717) is 30.0 Å². The molecule has 1 saturated heterocycles. The van der Waals surface area contributed by atoms with Crippen molar-refractivity contribution in [2.75, 3.05) is 25.0 Å². The molecule has 0 unspecified atom stereocenters. The van der Waals surface area contributed by atoms with Crippen LogP contribution >= 0.6 is 11.3 Å². The third-order valence-electron chi connectivity index (χ3n) is 5.09. The van der Waals surface area contributed by atoms with E-state index in [9.17, 15) is 9.18 Å². The molecular formula is C21H23FN4O2S. The summed E-state index contributed by atoms with van der Waals surface area (Å²) in [6.07, 6.45) is 4.27. The maximum Gasteiger partial charge on any atom is 0.261 e. The number of carbonyl (C=O) groups excluding carboxylic acids is 1. The van der Waals surface area contributed by atoms with E-state index in [-0.39, 0.29) is 17.8 Å². The summed E-state index contributed by atoms with van der Waals surface area (Å²) >= 11 is 1.35. The van der Waals surface area contributed by atoms with E-state index in [0.717, 1.165) is 41.0 Å². The molecular weight excluding hydrogens is 391 g/mol. The number of hydrogen-bond acceptors (Lipinski definition) is 6. The zero-order chi connectivity index (χ0) is 20.2. The number of ether oxygens (including phenoxy) is 1. The van der Waals surface area contributed by atoms with Crippen LogP contribution in [-0.2, 0) is 11.2 Å². The van der Waals surface area contributed by atoms with Gasteiger partial charge in [0, 0.05) is 19.7 Å². The van der Waals surface area contributed by atoms with Crippen LogP contribution in [0.5, 0.6) is 0 Å². The van der Waals surface area contributed by atoms with Gasteiger partial charge in [0.05, 0.1) is 16.4 Å². The zero-order valence-corrected chi connectivity index (χ0v) is 17.0. The second-order valence-corrected chi connectivity index (χ2v) is 8.07. The number of hydrogen-bond donors (Lipinski definition) is 2. The van der Waals surface area contributed by atoms with Gasteiger partial charge in [0.25, 0.3) is 5.91 Å². The fraction of sp³-hybridized carbons (Fsp3) is 0.381. The first-order valence-electron chi connectivity index (χ1n) is 9.74. The Morgan fingerprint density at radius 3 is 3.00 bits per heavy atom. The number of amides is 1. The Bertz CT molecular complexity index is 1020. The van der Waals surface area contributed by atoms with Crippen molar-refractivity contribution in [3.8, 4) is 0 Å². The highest BCUT2D eigenvalue weighted by atomic mass is 32.1. The number of fused-ring (bicyclic) bond motifs is 1. The predicted octanol–water partition coefficient (Wildman–Crippen LogP) is 3.70. The van der Waals surface area contributed by atoms with E-state index in [1.165, 1.54) is 23.7 Å². The lowest BCUT2D eigenvalue weighted by Gasteiger charge is -2.12. The highest BCUT2D eigenvalue weighted by Crippen LogP contribution is 2.33. The highest BCUT2D eigenvalue weighted by molar-refractivity contribution is 7.20. The van der Waals surface area contributed by atoms with E-state index in [2.05, 4.69) is 20.6 Å². The van der Waals surface area contributed by atoms with Gasteiger partial charge in [-0.3, -0.25) is 4.79 Å². The molecule has 1 fully saturated rings. The second-order valence-electron chi connectivity index (χ2n) is 7.07. The van der Waals surface area contributed by atoms with Crippen LogP contribution < -0.4 is 10.6 Å². The number of carbonyl (C=O) groups is 1. The Balaban J connectivity index is 1.45. The van der Waals surface area contributed by atoms with Crippen molar-refractivity contribution in [1.29, 1.82) is 0 Å². The molecule has 2 aromatic heterocycles. The number of aryl methyl sites for hydroxylation is 1. The molecule has 6 nitrogen and oxygen atoms in total. The van der Waals surface area contributed by atoms with E-state index >= 15 is 0 Å². The molecule has 152 valence electrons. The topological polar surface area (TPSA) is 76.1 Å². The summed E-state index contributed by atoms with van der Waals surface area (Å²) < 4.78 is 19.4. The largest absolute Gasteiger partial charge is 0.376 e. The summed E-state index contributed by atoms with van der Waals surface area (Å²) in [6.45, 7) is 3.76. The normalized spacial score (nSPS) is 16.3. The second kappa shape index (κ2) is 8.84. The average molecular weight is 415 g/mol. The maximum atomic E-state index is 13.7. The lowest BCUT2D eigenvalue weighted by molar-refractivity contribution is 0.0957. The van der Waals surface area contributed by atoms with E-state index in [1.807, 2.05) is 6.92 Å². The molecule has 4 rings (SSSR count). The minimum Gasteiger partial charge on any atom is -0.376 e. The molecule has 1 aliphatic rings. The standard InChI is InChI=1S/C21H23FN4O2S/c1-13-17-19(24-11-15-6-4-10-28-15)25-12-26-21(17)29-18(13)20(27)23-9-8-14-5-2-3-7-16(14)22/h2-3,5,7,12,15H,4,6,8-11H2,1H3,(H,23,27)(H,24,25,26)/t15-/m0/s1. The molecule has 0 aliphatic carbocycles. The van der Waals surface area contributed by atoms with Gasteiger partial charge in [-0.25, -0.2) is 14.4 Å². The summed E-state index contributed by atoms with van der Waals surface area (Å²) in [5, 5.41) is 7.11. The van der Waals surface area contributed by atoms with Crippen LogP contribution in [0.25, 0.3) is 10.2 Å². The first kappa shape index (κ1) is 19.7. The number of rotatable bonds is 7. The van der Waals surface area contributed by atoms with Crippen molar-refractivity contribution < 1.29 is 13.9 Å².